The first-order valence-electron chi connectivity index (χ1n) is 2.90. The Hall–Kier alpha value is 1.20. The molecule has 2 heterocycles. The van der Waals surface area contributed by atoms with Crippen LogP contribution in [0.3, 0.4) is 0 Å². The molecule has 0 N–H and O–H groups in total. The second kappa shape index (κ2) is 4.15. The molecule has 0 nitrogen and oxygen atoms in total. The van der Waals surface area contributed by atoms with Gasteiger partial charge in [-0.2, -0.15) is 0 Å². The molecule has 0 unspecified atom stereocenters. The van der Waals surface area contributed by atoms with Crippen molar-refractivity contribution < 1.29 is 0 Å². The molecular formula is C6H2Cl2S4. The Labute approximate surface area is 97.6 Å². The van der Waals surface area contributed by atoms with E-state index in [4.69, 9.17) is 23.2 Å². The minimum Gasteiger partial charge on any atom is -0.0868 e. The fourth-order valence-electron chi connectivity index (χ4n) is 0.653. The van der Waals surface area contributed by atoms with Gasteiger partial charge in [0.05, 0.1) is 17.2 Å². The largest absolute Gasteiger partial charge is 0.0868 e. The molecule has 2 rings (SSSR count). The van der Waals surface area contributed by atoms with E-state index in [1.165, 1.54) is 8.47 Å². The maximum atomic E-state index is 5.82. The van der Waals surface area contributed by atoms with Crippen LogP contribution in [-0.4, -0.2) is 0 Å². The van der Waals surface area contributed by atoms with E-state index in [1.807, 2.05) is 10.8 Å². The Balaban J connectivity index is 2.11. The molecule has 6 heteroatoms. The maximum Gasteiger partial charge on any atom is 0.0855 e. The molecule has 0 aliphatic carbocycles. The Kier molecular flexibility index (Phi) is 3.37. The van der Waals surface area contributed by atoms with E-state index in [-0.39, 0.29) is 0 Å². The third-order valence-corrected chi connectivity index (χ3v) is 6.85. The summed E-state index contributed by atoms with van der Waals surface area (Å²) in [4.78, 5) is 0. The van der Waals surface area contributed by atoms with Gasteiger partial charge in [-0.3, -0.25) is 0 Å². The normalized spacial score (nSPS) is 29.2. The van der Waals surface area contributed by atoms with Crippen molar-refractivity contribution in [3.8, 4) is 0 Å². The molecule has 2 aliphatic heterocycles. The van der Waals surface area contributed by atoms with Crippen LogP contribution in [0.1, 0.15) is 0 Å². The topological polar surface area (TPSA) is 0 Å². The lowest BCUT2D eigenvalue weighted by atomic mass is 11.2. The first kappa shape index (κ1) is 9.74. The summed E-state index contributed by atoms with van der Waals surface area (Å²) in [5.41, 5.74) is 0. The van der Waals surface area contributed by atoms with E-state index in [2.05, 4.69) is 0 Å². The van der Waals surface area contributed by atoms with Crippen molar-refractivity contribution in [2.45, 2.75) is 0 Å². The van der Waals surface area contributed by atoms with E-state index in [9.17, 15) is 0 Å². The van der Waals surface area contributed by atoms with Gasteiger partial charge in [0.2, 0.25) is 0 Å². The zero-order valence-electron chi connectivity index (χ0n) is 5.54. The molecule has 0 bridgehead atoms. The van der Waals surface area contributed by atoms with Crippen molar-refractivity contribution in [1.29, 1.82) is 0 Å². The highest BCUT2D eigenvalue weighted by Crippen LogP contribution is 2.56. The number of hydrogen-bond acceptors (Lipinski definition) is 4. The van der Waals surface area contributed by atoms with E-state index in [0.29, 0.717) is 0 Å². The molecule has 2 aliphatic rings. The highest BCUT2D eigenvalue weighted by Gasteiger charge is 2.19. The number of hydrogen-bond donors (Lipinski definition) is 0. The summed E-state index contributed by atoms with van der Waals surface area (Å²) >= 11 is 18.2. The first-order chi connectivity index (χ1) is 5.75. The van der Waals surface area contributed by atoms with Gasteiger partial charge in [-0.05, 0) is 0 Å². The second-order valence-corrected chi connectivity index (χ2v) is 7.50. The van der Waals surface area contributed by atoms with Crippen LogP contribution in [-0.2, 0) is 0 Å². The predicted molar refractivity (Wildman–Crippen MR) is 65.3 cm³/mol. The van der Waals surface area contributed by atoms with Gasteiger partial charge in [0, 0.05) is 10.8 Å². The lowest BCUT2D eigenvalue weighted by molar-refractivity contribution is 2.37. The third kappa shape index (κ3) is 2.16. The third-order valence-electron chi connectivity index (χ3n) is 1.06. The van der Waals surface area contributed by atoms with Crippen molar-refractivity contribution >= 4 is 70.2 Å². The quantitative estimate of drug-likeness (QED) is 0.598. The van der Waals surface area contributed by atoms with Crippen molar-refractivity contribution in [3.05, 3.63) is 28.0 Å². The summed E-state index contributed by atoms with van der Waals surface area (Å²) in [5, 5.41) is 3.89. The average molecular weight is 273 g/mol. The van der Waals surface area contributed by atoms with Crippen LogP contribution in [0.4, 0.5) is 0 Å². The molecule has 0 aromatic carbocycles. The monoisotopic (exact) mass is 272 g/mol. The van der Waals surface area contributed by atoms with Gasteiger partial charge in [0.15, 0.2) is 0 Å². The summed E-state index contributed by atoms with van der Waals surface area (Å²) in [7, 11) is 0. The molecule has 0 aromatic heterocycles. The van der Waals surface area contributed by atoms with E-state index >= 15 is 0 Å². The summed E-state index contributed by atoms with van der Waals surface area (Å²) in [6.07, 6.45) is 0. The van der Waals surface area contributed by atoms with Gasteiger partial charge in [-0.25, -0.2) is 0 Å². The fourth-order valence-corrected chi connectivity index (χ4v) is 5.73. The Morgan fingerprint density at radius 2 is 1.25 bits per heavy atom. The van der Waals surface area contributed by atoms with Crippen molar-refractivity contribution in [3.63, 3.8) is 0 Å². The molecule has 0 fully saturated rings. The fraction of sp³-hybridized carbons (Fsp3) is 0. The maximum absolute atomic E-state index is 5.82. The number of rotatable bonds is 0. The average Bonchev–Trinajstić information content (AvgIpc) is 2.58. The lowest BCUT2D eigenvalue weighted by Crippen LogP contribution is -1.64. The second-order valence-electron chi connectivity index (χ2n) is 1.86. The van der Waals surface area contributed by atoms with Crippen LogP contribution in [0.5, 0.6) is 0 Å². The minimum absolute atomic E-state index is 0.840. The zero-order chi connectivity index (χ0) is 8.55. The molecule has 0 saturated carbocycles. The van der Waals surface area contributed by atoms with Crippen LogP contribution < -0.4 is 0 Å². The van der Waals surface area contributed by atoms with Crippen LogP contribution in [0.2, 0.25) is 0 Å². The van der Waals surface area contributed by atoms with Crippen LogP contribution in [0.15, 0.2) is 28.0 Å². The van der Waals surface area contributed by atoms with Crippen LogP contribution >= 0.6 is 70.2 Å². The van der Waals surface area contributed by atoms with E-state index < -0.39 is 0 Å². The van der Waals surface area contributed by atoms with Crippen LogP contribution in [0, 0.1) is 0 Å². The standard InChI is InChI=1S/C6H2Cl2S4/c7-3-1-9-5(11-3)6-10-2-4(8)12-6/h1-2H/b6-5-. The highest BCUT2D eigenvalue weighted by atomic mass is 35.5. The minimum atomic E-state index is 0.840. The number of halogens is 2. The Morgan fingerprint density at radius 1 is 0.833 bits per heavy atom. The summed E-state index contributed by atoms with van der Waals surface area (Å²) < 4.78 is 4.15. The van der Waals surface area contributed by atoms with Gasteiger partial charge in [-0.15, -0.1) is 0 Å². The van der Waals surface area contributed by atoms with Crippen molar-refractivity contribution in [2.75, 3.05) is 0 Å². The SMILES string of the molecule is ClC1=CS/C(=C2\SC=C(Cl)S2)S1. The van der Waals surface area contributed by atoms with Crippen molar-refractivity contribution in [1.82, 2.24) is 0 Å². The molecule has 0 saturated heterocycles. The van der Waals surface area contributed by atoms with E-state index in [0.717, 1.165) is 8.73 Å². The van der Waals surface area contributed by atoms with Crippen molar-refractivity contribution in [2.24, 2.45) is 0 Å². The molecule has 0 spiro atoms. The molecule has 0 amide bonds. The first-order valence-corrected chi connectivity index (χ1v) is 7.05. The molecular weight excluding hydrogens is 271 g/mol. The molecule has 12 heavy (non-hydrogen) atoms. The summed E-state index contributed by atoms with van der Waals surface area (Å²) in [6.45, 7) is 0. The zero-order valence-corrected chi connectivity index (χ0v) is 10.3. The molecule has 0 aromatic rings. The number of thioether (sulfide) groups is 4. The molecule has 0 atom stereocenters. The highest BCUT2D eigenvalue weighted by molar-refractivity contribution is 8.34. The van der Waals surface area contributed by atoms with Gasteiger partial charge in [0.1, 0.15) is 0 Å². The van der Waals surface area contributed by atoms with Crippen LogP contribution in [0.25, 0.3) is 0 Å². The Bertz CT molecular complexity index is 275. The Morgan fingerprint density at radius 3 is 1.50 bits per heavy atom. The predicted octanol–water partition coefficient (Wildman–Crippen LogP) is 5.15. The summed E-state index contributed by atoms with van der Waals surface area (Å²) in [6, 6.07) is 0. The summed E-state index contributed by atoms with van der Waals surface area (Å²) in [5.74, 6) is 0. The van der Waals surface area contributed by atoms with Gasteiger partial charge in [-0.1, -0.05) is 70.2 Å². The van der Waals surface area contributed by atoms with Gasteiger partial charge >= 0.3 is 0 Å². The lowest BCUT2D eigenvalue weighted by Gasteiger charge is -1.98. The van der Waals surface area contributed by atoms with Gasteiger partial charge < -0.3 is 0 Å². The van der Waals surface area contributed by atoms with E-state index in [1.54, 1.807) is 47.0 Å². The molecule has 64 valence electrons. The smallest absolute Gasteiger partial charge is 0.0855 e. The van der Waals surface area contributed by atoms with Gasteiger partial charge in [0.25, 0.3) is 0 Å². The molecule has 0 radical (unpaired) electrons.